The van der Waals surface area contributed by atoms with E-state index in [-0.39, 0.29) is 0 Å². The molecule has 0 aliphatic heterocycles. The maximum Gasteiger partial charge on any atom is 0.138 e. The summed E-state index contributed by atoms with van der Waals surface area (Å²) in [6.45, 7) is 0. The minimum Gasteiger partial charge on any atom is -0.495 e. The van der Waals surface area contributed by atoms with Gasteiger partial charge in [-0.25, -0.2) is 4.52 Å². The summed E-state index contributed by atoms with van der Waals surface area (Å²) in [6, 6.07) is 1.85. The van der Waals surface area contributed by atoms with Gasteiger partial charge >= 0.3 is 0 Å². The summed E-state index contributed by atoms with van der Waals surface area (Å²) in [6.07, 6.45) is 3.38. The summed E-state index contributed by atoms with van der Waals surface area (Å²) >= 11 is 3.40. The molecular formula is C8H8BrN3O. The average molecular weight is 242 g/mol. The lowest BCUT2D eigenvalue weighted by Gasteiger charge is -2.02. The van der Waals surface area contributed by atoms with E-state index in [1.807, 2.05) is 6.07 Å². The number of nitrogens with zero attached hydrogens (tertiary/aromatic N) is 2. The predicted molar refractivity (Wildman–Crippen MR) is 53.9 cm³/mol. The molecule has 0 bridgehead atoms. The van der Waals surface area contributed by atoms with E-state index in [0.29, 0.717) is 5.69 Å². The van der Waals surface area contributed by atoms with Crippen molar-refractivity contribution in [1.82, 2.24) is 9.61 Å². The first-order valence-corrected chi connectivity index (χ1v) is 4.48. The third-order valence-electron chi connectivity index (χ3n) is 1.80. The van der Waals surface area contributed by atoms with Gasteiger partial charge in [-0.3, -0.25) is 0 Å². The molecule has 2 rings (SSSR count). The largest absolute Gasteiger partial charge is 0.495 e. The van der Waals surface area contributed by atoms with Gasteiger partial charge in [-0.2, -0.15) is 5.10 Å². The summed E-state index contributed by atoms with van der Waals surface area (Å²) < 4.78 is 7.64. The molecule has 0 unspecified atom stereocenters. The zero-order valence-electron chi connectivity index (χ0n) is 6.99. The zero-order chi connectivity index (χ0) is 9.42. The van der Waals surface area contributed by atoms with E-state index in [1.165, 1.54) is 0 Å². The maximum atomic E-state index is 5.71. The Bertz CT molecular complexity index is 452. The third-order valence-corrected chi connectivity index (χ3v) is 2.41. The highest BCUT2D eigenvalue weighted by Gasteiger charge is 2.06. The van der Waals surface area contributed by atoms with Gasteiger partial charge in [0.1, 0.15) is 11.3 Å². The third kappa shape index (κ3) is 1.25. The van der Waals surface area contributed by atoms with E-state index >= 15 is 0 Å². The summed E-state index contributed by atoms with van der Waals surface area (Å²) in [4.78, 5) is 0. The van der Waals surface area contributed by atoms with Crippen molar-refractivity contribution in [3.8, 4) is 5.75 Å². The van der Waals surface area contributed by atoms with Gasteiger partial charge in [-0.15, -0.1) is 0 Å². The fourth-order valence-electron chi connectivity index (χ4n) is 1.18. The molecule has 0 saturated carbocycles. The minimum atomic E-state index is 0.648. The molecule has 0 fully saturated rings. The Morgan fingerprint density at radius 2 is 2.38 bits per heavy atom. The molecule has 13 heavy (non-hydrogen) atoms. The van der Waals surface area contributed by atoms with Gasteiger partial charge in [-0.05, 0) is 22.0 Å². The van der Waals surface area contributed by atoms with Gasteiger partial charge in [0.2, 0.25) is 0 Å². The maximum absolute atomic E-state index is 5.71. The Labute approximate surface area is 83.4 Å². The summed E-state index contributed by atoms with van der Waals surface area (Å²) in [5.74, 6) is 0.738. The Kier molecular flexibility index (Phi) is 1.88. The Morgan fingerprint density at radius 1 is 1.62 bits per heavy atom. The molecule has 2 N–H and O–H groups in total. The standard InChI is InChI=1S/C8H8BrN3O/c1-13-5-2-6(9)8-7(10)3-11-12(8)4-5/h2-4H,10H2,1H3. The van der Waals surface area contributed by atoms with Gasteiger partial charge < -0.3 is 10.5 Å². The van der Waals surface area contributed by atoms with E-state index in [0.717, 1.165) is 15.7 Å². The van der Waals surface area contributed by atoms with Crippen molar-refractivity contribution in [2.75, 3.05) is 12.8 Å². The van der Waals surface area contributed by atoms with Crippen LogP contribution in [0.25, 0.3) is 5.52 Å². The van der Waals surface area contributed by atoms with Crippen molar-refractivity contribution in [2.45, 2.75) is 0 Å². The molecule has 2 heterocycles. The molecule has 68 valence electrons. The lowest BCUT2D eigenvalue weighted by molar-refractivity contribution is 0.411. The van der Waals surface area contributed by atoms with Gasteiger partial charge in [0, 0.05) is 4.47 Å². The normalized spacial score (nSPS) is 10.6. The number of halogens is 1. The minimum absolute atomic E-state index is 0.648. The number of rotatable bonds is 1. The highest BCUT2D eigenvalue weighted by molar-refractivity contribution is 9.10. The van der Waals surface area contributed by atoms with Crippen LogP contribution in [-0.4, -0.2) is 16.7 Å². The SMILES string of the molecule is COc1cc(Br)c2c(N)cnn2c1. The Hall–Kier alpha value is -1.23. The topological polar surface area (TPSA) is 52.5 Å². The number of nitrogens with two attached hydrogens (primary N) is 1. The summed E-state index contributed by atoms with van der Waals surface area (Å²) in [5.41, 5.74) is 7.22. The molecule has 0 aromatic carbocycles. The van der Waals surface area contributed by atoms with Crippen LogP contribution in [0, 0.1) is 0 Å². The Balaban J connectivity index is 2.79. The number of ether oxygens (including phenoxy) is 1. The van der Waals surface area contributed by atoms with E-state index in [4.69, 9.17) is 10.5 Å². The van der Waals surface area contributed by atoms with Crippen LogP contribution < -0.4 is 10.5 Å². The molecule has 4 nitrogen and oxygen atoms in total. The smallest absolute Gasteiger partial charge is 0.138 e. The molecule has 0 saturated heterocycles. The number of methoxy groups -OCH3 is 1. The van der Waals surface area contributed by atoms with Gasteiger partial charge in [0.05, 0.1) is 25.2 Å². The summed E-state index contributed by atoms with van der Waals surface area (Å²) in [5, 5.41) is 4.07. The lowest BCUT2D eigenvalue weighted by atomic mass is 10.3. The average Bonchev–Trinajstić information content (AvgIpc) is 2.48. The quantitative estimate of drug-likeness (QED) is 0.827. The molecule has 5 heteroatoms. The predicted octanol–water partition coefficient (Wildman–Crippen LogP) is 1.69. The van der Waals surface area contributed by atoms with Crippen LogP contribution in [0.1, 0.15) is 0 Å². The van der Waals surface area contributed by atoms with Crippen molar-refractivity contribution in [1.29, 1.82) is 0 Å². The second-order valence-electron chi connectivity index (χ2n) is 2.62. The van der Waals surface area contributed by atoms with E-state index < -0.39 is 0 Å². The number of nitrogen functional groups attached to an aromatic ring is 1. The highest BCUT2D eigenvalue weighted by Crippen LogP contribution is 2.27. The zero-order valence-corrected chi connectivity index (χ0v) is 8.58. The number of anilines is 1. The van der Waals surface area contributed by atoms with Crippen LogP contribution in [0.15, 0.2) is 22.9 Å². The molecule has 0 spiro atoms. The first kappa shape index (κ1) is 8.37. The molecule has 2 aromatic rings. The van der Waals surface area contributed by atoms with E-state index in [1.54, 1.807) is 24.0 Å². The fourth-order valence-corrected chi connectivity index (χ4v) is 1.82. The monoisotopic (exact) mass is 241 g/mol. The van der Waals surface area contributed by atoms with Gasteiger partial charge in [0.25, 0.3) is 0 Å². The molecular weight excluding hydrogens is 234 g/mol. The van der Waals surface area contributed by atoms with Crippen molar-refractivity contribution < 1.29 is 4.74 Å². The Morgan fingerprint density at radius 3 is 3.08 bits per heavy atom. The highest BCUT2D eigenvalue weighted by atomic mass is 79.9. The summed E-state index contributed by atoms with van der Waals surface area (Å²) in [7, 11) is 1.61. The molecule has 0 amide bonds. The molecule has 0 radical (unpaired) electrons. The number of hydrogen-bond acceptors (Lipinski definition) is 3. The molecule has 0 aliphatic rings. The molecule has 0 aliphatic carbocycles. The van der Waals surface area contributed by atoms with Crippen LogP contribution >= 0.6 is 15.9 Å². The van der Waals surface area contributed by atoms with Crippen molar-refractivity contribution >= 4 is 27.1 Å². The van der Waals surface area contributed by atoms with Crippen LogP contribution in [0.4, 0.5) is 5.69 Å². The lowest BCUT2D eigenvalue weighted by Crippen LogP contribution is -1.92. The van der Waals surface area contributed by atoms with E-state index in [9.17, 15) is 0 Å². The number of fused-ring (bicyclic) bond motifs is 1. The fraction of sp³-hybridized carbons (Fsp3) is 0.125. The number of hydrogen-bond donors (Lipinski definition) is 1. The number of pyridine rings is 1. The second kappa shape index (κ2) is 2.92. The van der Waals surface area contributed by atoms with E-state index in [2.05, 4.69) is 21.0 Å². The number of aromatic nitrogens is 2. The first-order chi connectivity index (χ1) is 6.22. The van der Waals surface area contributed by atoms with Crippen LogP contribution in [0.2, 0.25) is 0 Å². The second-order valence-corrected chi connectivity index (χ2v) is 3.48. The van der Waals surface area contributed by atoms with Crippen molar-refractivity contribution in [2.24, 2.45) is 0 Å². The molecule has 0 atom stereocenters. The first-order valence-electron chi connectivity index (χ1n) is 3.68. The molecule has 2 aromatic heterocycles. The van der Waals surface area contributed by atoms with Crippen molar-refractivity contribution in [3.05, 3.63) is 22.9 Å². The van der Waals surface area contributed by atoms with Crippen LogP contribution in [0.5, 0.6) is 5.75 Å². The van der Waals surface area contributed by atoms with Gasteiger partial charge in [0.15, 0.2) is 0 Å². The van der Waals surface area contributed by atoms with Crippen LogP contribution in [0.3, 0.4) is 0 Å². The van der Waals surface area contributed by atoms with Crippen LogP contribution in [-0.2, 0) is 0 Å². The van der Waals surface area contributed by atoms with Gasteiger partial charge in [-0.1, -0.05) is 0 Å². The van der Waals surface area contributed by atoms with Crippen molar-refractivity contribution in [3.63, 3.8) is 0 Å².